The number of halogens is 3. The van der Waals surface area contributed by atoms with Gasteiger partial charge in [-0.25, -0.2) is 9.18 Å². The Hall–Kier alpha value is -3.28. The van der Waals surface area contributed by atoms with Crippen molar-refractivity contribution in [1.29, 1.82) is 0 Å². The fraction of sp³-hybridized carbons (Fsp3) is 0.115. The van der Waals surface area contributed by atoms with Crippen molar-refractivity contribution in [3.63, 3.8) is 0 Å². The molecule has 0 radical (unpaired) electrons. The van der Waals surface area contributed by atoms with E-state index in [1.54, 1.807) is 37.3 Å². The predicted molar refractivity (Wildman–Crippen MR) is 131 cm³/mol. The van der Waals surface area contributed by atoms with Crippen LogP contribution in [0.1, 0.15) is 23.0 Å². The largest absolute Gasteiger partial charge is 0.462 e. The van der Waals surface area contributed by atoms with E-state index in [1.165, 1.54) is 12.1 Å². The van der Waals surface area contributed by atoms with Gasteiger partial charge in [0.05, 0.1) is 51.5 Å². The highest BCUT2D eigenvalue weighted by Gasteiger charge is 2.24. The van der Waals surface area contributed by atoms with Gasteiger partial charge in [-0.1, -0.05) is 59.6 Å². The summed E-state index contributed by atoms with van der Waals surface area (Å²) in [6.45, 7) is 2.22. The highest BCUT2D eigenvalue weighted by atomic mass is 35.5. The lowest BCUT2D eigenvalue weighted by Gasteiger charge is -2.17. The molecule has 1 aromatic heterocycles. The van der Waals surface area contributed by atoms with Crippen LogP contribution in [0.15, 0.2) is 78.9 Å². The second kappa shape index (κ2) is 10.1. The first-order valence-electron chi connectivity index (χ1n) is 10.4. The van der Waals surface area contributed by atoms with Gasteiger partial charge in [0, 0.05) is 5.56 Å². The van der Waals surface area contributed by atoms with E-state index in [9.17, 15) is 9.18 Å². The number of rotatable bonds is 7. The third-order valence-electron chi connectivity index (χ3n) is 5.13. The van der Waals surface area contributed by atoms with Crippen molar-refractivity contribution in [2.45, 2.75) is 13.5 Å². The van der Waals surface area contributed by atoms with E-state index < -0.39 is 5.97 Å². The molecule has 0 atom stereocenters. The van der Waals surface area contributed by atoms with Crippen molar-refractivity contribution in [3.05, 3.63) is 106 Å². The summed E-state index contributed by atoms with van der Waals surface area (Å²) >= 11 is 12.9. The van der Waals surface area contributed by atoms with Crippen LogP contribution in [-0.2, 0) is 11.3 Å². The third-order valence-corrected chi connectivity index (χ3v) is 5.78. The summed E-state index contributed by atoms with van der Waals surface area (Å²) in [5.74, 6) is -0.857. The minimum absolute atomic E-state index is 0.225. The number of hydrogen-bond donors (Lipinski definition) is 1. The molecular weight excluding hydrogens is 462 g/mol. The first kappa shape index (κ1) is 22.9. The number of para-hydroxylation sites is 2. The molecular formula is C26H21Cl2FN2O2. The zero-order valence-electron chi connectivity index (χ0n) is 17.8. The summed E-state index contributed by atoms with van der Waals surface area (Å²) in [6, 6.07) is 22.5. The van der Waals surface area contributed by atoms with Gasteiger partial charge in [0.1, 0.15) is 5.82 Å². The predicted octanol–water partition coefficient (Wildman–Crippen LogP) is 7.38. The standard InChI is InChI=1S/C26H21Cl2FN2O2/c1-2-33-26(32)19-15-24(17-8-7-9-18(29)14-17)31(23-13-6-4-11-21(23)28)25(19)16-30-22-12-5-3-10-20(22)27/h3-15,30H,2,16H2,1H3. The molecule has 0 bridgehead atoms. The number of carbonyl (C=O) groups is 1. The van der Waals surface area contributed by atoms with Crippen molar-refractivity contribution in [1.82, 2.24) is 4.57 Å². The summed E-state index contributed by atoms with van der Waals surface area (Å²) in [7, 11) is 0. The molecule has 168 valence electrons. The lowest BCUT2D eigenvalue weighted by molar-refractivity contribution is 0.0525. The Labute approximate surface area is 201 Å². The second-order valence-electron chi connectivity index (χ2n) is 7.24. The molecule has 0 amide bonds. The Kier molecular flexibility index (Phi) is 7.02. The highest BCUT2D eigenvalue weighted by molar-refractivity contribution is 6.33. The van der Waals surface area contributed by atoms with Gasteiger partial charge in [0.15, 0.2) is 0 Å². The highest BCUT2D eigenvalue weighted by Crippen LogP contribution is 2.34. The zero-order valence-corrected chi connectivity index (χ0v) is 19.3. The van der Waals surface area contributed by atoms with Crippen LogP contribution in [-0.4, -0.2) is 17.1 Å². The molecule has 4 nitrogen and oxygen atoms in total. The number of hydrogen-bond acceptors (Lipinski definition) is 3. The Morgan fingerprint density at radius 1 is 0.970 bits per heavy atom. The van der Waals surface area contributed by atoms with E-state index in [0.717, 1.165) is 0 Å². The molecule has 0 aliphatic carbocycles. The van der Waals surface area contributed by atoms with Crippen molar-refractivity contribution < 1.29 is 13.9 Å². The van der Waals surface area contributed by atoms with Gasteiger partial charge in [-0.2, -0.15) is 0 Å². The van der Waals surface area contributed by atoms with E-state index >= 15 is 0 Å². The molecule has 1 heterocycles. The molecule has 0 aliphatic rings. The number of nitrogens with one attached hydrogen (secondary N) is 1. The molecule has 3 aromatic carbocycles. The first-order valence-corrected chi connectivity index (χ1v) is 11.2. The van der Waals surface area contributed by atoms with Crippen molar-refractivity contribution in [2.75, 3.05) is 11.9 Å². The maximum atomic E-state index is 14.1. The fourth-order valence-corrected chi connectivity index (χ4v) is 4.09. The smallest absolute Gasteiger partial charge is 0.340 e. The van der Waals surface area contributed by atoms with Gasteiger partial charge in [0.25, 0.3) is 0 Å². The summed E-state index contributed by atoms with van der Waals surface area (Å²) in [5, 5.41) is 4.33. The molecule has 0 unspecified atom stereocenters. The number of benzene rings is 3. The molecule has 0 saturated carbocycles. The van der Waals surface area contributed by atoms with Crippen LogP contribution in [0.3, 0.4) is 0 Å². The summed E-state index contributed by atoms with van der Waals surface area (Å²) in [4.78, 5) is 12.9. The number of nitrogens with zero attached hydrogens (tertiary/aromatic N) is 1. The maximum Gasteiger partial charge on any atom is 0.340 e. The van der Waals surface area contributed by atoms with Crippen LogP contribution >= 0.6 is 23.2 Å². The molecule has 4 aromatic rings. The van der Waals surface area contributed by atoms with Crippen LogP contribution in [0.25, 0.3) is 16.9 Å². The summed E-state index contributed by atoms with van der Waals surface area (Å²) < 4.78 is 21.3. The van der Waals surface area contributed by atoms with Gasteiger partial charge in [-0.15, -0.1) is 0 Å². The maximum absolute atomic E-state index is 14.1. The van der Waals surface area contributed by atoms with Gasteiger partial charge in [-0.3, -0.25) is 0 Å². The quantitative estimate of drug-likeness (QED) is 0.279. The van der Waals surface area contributed by atoms with E-state index in [4.69, 9.17) is 27.9 Å². The lowest BCUT2D eigenvalue weighted by atomic mass is 10.1. The Morgan fingerprint density at radius 2 is 1.70 bits per heavy atom. The van der Waals surface area contributed by atoms with Crippen molar-refractivity contribution in [2.24, 2.45) is 0 Å². The van der Waals surface area contributed by atoms with E-state index in [1.807, 2.05) is 41.0 Å². The molecule has 1 N–H and O–H groups in total. The third kappa shape index (κ3) is 4.90. The molecule has 0 fully saturated rings. The van der Waals surface area contributed by atoms with Crippen molar-refractivity contribution in [3.8, 4) is 16.9 Å². The minimum Gasteiger partial charge on any atom is -0.462 e. The van der Waals surface area contributed by atoms with Gasteiger partial charge >= 0.3 is 5.97 Å². The van der Waals surface area contributed by atoms with E-state index in [2.05, 4.69) is 5.32 Å². The van der Waals surface area contributed by atoms with Crippen LogP contribution in [0.5, 0.6) is 0 Å². The molecule has 0 saturated heterocycles. The number of ether oxygens (including phenoxy) is 1. The minimum atomic E-state index is -0.475. The fourth-order valence-electron chi connectivity index (χ4n) is 3.66. The van der Waals surface area contributed by atoms with E-state index in [0.29, 0.717) is 43.9 Å². The summed E-state index contributed by atoms with van der Waals surface area (Å²) in [5.41, 5.74) is 3.56. The van der Waals surface area contributed by atoms with Gasteiger partial charge in [-0.05, 0) is 49.4 Å². The monoisotopic (exact) mass is 482 g/mol. The average molecular weight is 483 g/mol. The second-order valence-corrected chi connectivity index (χ2v) is 8.06. The zero-order chi connectivity index (χ0) is 23.4. The Morgan fingerprint density at radius 3 is 2.39 bits per heavy atom. The molecule has 33 heavy (non-hydrogen) atoms. The number of aromatic nitrogens is 1. The SMILES string of the molecule is CCOC(=O)c1cc(-c2cccc(F)c2)n(-c2ccccc2Cl)c1CNc1ccccc1Cl. The van der Waals surface area contributed by atoms with Crippen LogP contribution in [0.4, 0.5) is 10.1 Å². The number of esters is 1. The molecule has 4 rings (SSSR count). The topological polar surface area (TPSA) is 43.3 Å². The van der Waals surface area contributed by atoms with E-state index in [-0.39, 0.29) is 19.0 Å². The molecule has 7 heteroatoms. The molecule has 0 aliphatic heterocycles. The Bertz CT molecular complexity index is 1300. The number of anilines is 1. The van der Waals surface area contributed by atoms with Gasteiger partial charge in [0.2, 0.25) is 0 Å². The number of carbonyl (C=O) groups excluding carboxylic acids is 1. The summed E-state index contributed by atoms with van der Waals surface area (Å²) in [6.07, 6.45) is 0. The molecule has 0 spiro atoms. The van der Waals surface area contributed by atoms with Crippen LogP contribution < -0.4 is 5.32 Å². The normalized spacial score (nSPS) is 10.8. The van der Waals surface area contributed by atoms with Gasteiger partial charge < -0.3 is 14.6 Å². The van der Waals surface area contributed by atoms with Crippen LogP contribution in [0.2, 0.25) is 10.0 Å². The van der Waals surface area contributed by atoms with Crippen molar-refractivity contribution >= 4 is 34.9 Å². The Balaban J connectivity index is 1.93. The van der Waals surface area contributed by atoms with Crippen LogP contribution in [0, 0.1) is 5.82 Å². The first-order chi connectivity index (χ1) is 16.0. The average Bonchev–Trinajstić information content (AvgIpc) is 3.18. The lowest BCUT2D eigenvalue weighted by Crippen LogP contribution is -2.13.